The molecule has 0 amide bonds. The van der Waals surface area contributed by atoms with Gasteiger partial charge in [-0.2, -0.15) is 0 Å². The van der Waals surface area contributed by atoms with Crippen molar-refractivity contribution in [1.82, 2.24) is 0 Å². The number of halogens is 2. The lowest BCUT2D eigenvalue weighted by atomic mass is 10.1. The molecule has 0 unspecified atom stereocenters. The van der Waals surface area contributed by atoms with Crippen LogP contribution in [0.4, 0.5) is 0 Å². The quantitative estimate of drug-likeness (QED) is 0.605. The zero-order valence-corrected chi connectivity index (χ0v) is 9.35. The van der Waals surface area contributed by atoms with Crippen LogP contribution in [-0.2, 0) is 10.1 Å². The molecule has 0 saturated heterocycles. The number of benzene rings is 1. The van der Waals surface area contributed by atoms with Gasteiger partial charge >= 0.3 is 5.97 Å². The van der Waals surface area contributed by atoms with Crippen LogP contribution in [-0.4, -0.2) is 13.1 Å². The van der Waals surface area contributed by atoms with E-state index in [2.05, 4.69) is 20.7 Å². The average molecular weight is 264 g/mol. The van der Waals surface area contributed by atoms with Gasteiger partial charge < -0.3 is 4.74 Å². The molecule has 2 nitrogen and oxygen atoms in total. The van der Waals surface area contributed by atoms with Crippen LogP contribution in [0.25, 0.3) is 0 Å². The highest BCUT2D eigenvalue weighted by Gasteiger charge is 2.12. The predicted octanol–water partition coefficient (Wildman–Crippen LogP) is 3.02. The first-order valence-corrected chi connectivity index (χ1v) is 5.12. The number of carbonyl (C=O) groups excluding carboxylic acids is 1. The Labute approximate surface area is 90.0 Å². The molecular weight excluding hydrogens is 255 g/mol. The first-order valence-electron chi connectivity index (χ1n) is 3.62. The summed E-state index contributed by atoms with van der Waals surface area (Å²) < 4.78 is 4.58. The van der Waals surface area contributed by atoms with Gasteiger partial charge in [0.05, 0.1) is 17.7 Å². The normalized spacial score (nSPS) is 9.77. The van der Waals surface area contributed by atoms with Crippen molar-refractivity contribution in [1.29, 1.82) is 0 Å². The molecule has 0 atom stereocenters. The molecule has 0 radical (unpaired) electrons. The summed E-state index contributed by atoms with van der Waals surface area (Å²) in [7, 11) is 1.33. The van der Waals surface area contributed by atoms with Gasteiger partial charge in [0.2, 0.25) is 0 Å². The van der Waals surface area contributed by atoms with Crippen molar-refractivity contribution in [3.63, 3.8) is 0 Å². The van der Waals surface area contributed by atoms with Crippen LogP contribution >= 0.6 is 27.5 Å². The van der Waals surface area contributed by atoms with Crippen molar-refractivity contribution >= 4 is 33.5 Å². The van der Waals surface area contributed by atoms with Crippen LogP contribution in [0.15, 0.2) is 18.2 Å². The van der Waals surface area contributed by atoms with E-state index in [4.69, 9.17) is 11.6 Å². The molecule has 0 aromatic heterocycles. The van der Waals surface area contributed by atoms with E-state index >= 15 is 0 Å². The summed E-state index contributed by atoms with van der Waals surface area (Å²) in [4.78, 5) is 11.2. The highest BCUT2D eigenvalue weighted by atomic mass is 79.9. The monoisotopic (exact) mass is 262 g/mol. The summed E-state index contributed by atoms with van der Waals surface area (Å²) in [6.07, 6.45) is 0. The van der Waals surface area contributed by atoms with E-state index in [0.717, 1.165) is 5.56 Å². The third-order valence-electron chi connectivity index (χ3n) is 1.63. The summed E-state index contributed by atoms with van der Waals surface area (Å²) in [5.41, 5.74) is 1.28. The van der Waals surface area contributed by atoms with Crippen LogP contribution in [0.1, 0.15) is 15.9 Å². The first-order chi connectivity index (χ1) is 6.20. The number of rotatable bonds is 2. The SMILES string of the molecule is COC(=O)c1cccc(CBr)c1Cl. The summed E-state index contributed by atoms with van der Waals surface area (Å²) in [6, 6.07) is 5.26. The Hall–Kier alpha value is -0.540. The highest BCUT2D eigenvalue weighted by molar-refractivity contribution is 9.08. The maximum absolute atomic E-state index is 11.2. The minimum absolute atomic E-state index is 0.404. The minimum atomic E-state index is -0.409. The van der Waals surface area contributed by atoms with E-state index in [1.807, 2.05) is 6.07 Å². The number of esters is 1. The van der Waals surface area contributed by atoms with Gasteiger partial charge in [0.15, 0.2) is 0 Å². The average Bonchev–Trinajstić information content (AvgIpc) is 2.17. The molecule has 0 aliphatic carbocycles. The van der Waals surface area contributed by atoms with Crippen LogP contribution in [0.3, 0.4) is 0 Å². The van der Waals surface area contributed by atoms with Crippen molar-refractivity contribution in [2.24, 2.45) is 0 Å². The minimum Gasteiger partial charge on any atom is -0.465 e. The second-order valence-electron chi connectivity index (χ2n) is 2.40. The standard InChI is InChI=1S/C9H8BrClO2/c1-13-9(12)7-4-2-3-6(5-10)8(7)11/h2-4H,5H2,1H3. The summed E-state index contributed by atoms with van der Waals surface area (Å²) in [5, 5.41) is 1.07. The maximum Gasteiger partial charge on any atom is 0.339 e. The molecule has 4 heteroatoms. The van der Waals surface area contributed by atoms with E-state index in [9.17, 15) is 4.79 Å². The topological polar surface area (TPSA) is 26.3 Å². The van der Waals surface area contributed by atoms with Gasteiger partial charge in [0.1, 0.15) is 0 Å². The van der Waals surface area contributed by atoms with E-state index in [1.165, 1.54) is 7.11 Å². The van der Waals surface area contributed by atoms with E-state index in [0.29, 0.717) is 15.9 Å². The Bertz CT molecular complexity index is 325. The fourth-order valence-electron chi connectivity index (χ4n) is 0.951. The third kappa shape index (κ3) is 2.23. The van der Waals surface area contributed by atoms with Crippen LogP contribution in [0, 0.1) is 0 Å². The molecule has 0 aliphatic heterocycles. The first kappa shape index (κ1) is 10.5. The van der Waals surface area contributed by atoms with Gasteiger partial charge in [0, 0.05) is 5.33 Å². The second kappa shape index (κ2) is 4.63. The lowest BCUT2D eigenvalue weighted by molar-refractivity contribution is 0.0601. The zero-order chi connectivity index (χ0) is 9.84. The molecule has 1 aromatic rings. The van der Waals surface area contributed by atoms with Crippen LogP contribution in [0.5, 0.6) is 0 Å². The Morgan fingerprint density at radius 3 is 2.85 bits per heavy atom. The summed E-state index contributed by atoms with van der Waals surface area (Å²) >= 11 is 9.23. The smallest absolute Gasteiger partial charge is 0.339 e. The van der Waals surface area contributed by atoms with Gasteiger partial charge in [-0.25, -0.2) is 4.79 Å². The number of alkyl halides is 1. The predicted molar refractivity (Wildman–Crippen MR) is 55.4 cm³/mol. The van der Waals surface area contributed by atoms with Crippen molar-refractivity contribution in [3.05, 3.63) is 34.3 Å². The Morgan fingerprint density at radius 2 is 2.31 bits per heavy atom. The molecule has 0 spiro atoms. The lowest BCUT2D eigenvalue weighted by Gasteiger charge is -2.04. The molecule has 0 N–H and O–H groups in total. The van der Waals surface area contributed by atoms with E-state index in [1.54, 1.807) is 12.1 Å². The number of carbonyl (C=O) groups is 1. The number of hydrogen-bond donors (Lipinski definition) is 0. The second-order valence-corrected chi connectivity index (χ2v) is 3.34. The fraction of sp³-hybridized carbons (Fsp3) is 0.222. The van der Waals surface area contributed by atoms with Crippen molar-refractivity contribution in [2.45, 2.75) is 5.33 Å². The fourth-order valence-corrected chi connectivity index (χ4v) is 1.85. The molecule has 0 bridgehead atoms. The van der Waals surface area contributed by atoms with Crippen LogP contribution in [0.2, 0.25) is 5.02 Å². The maximum atomic E-state index is 11.2. The van der Waals surface area contributed by atoms with E-state index < -0.39 is 5.97 Å². The molecule has 1 rings (SSSR count). The van der Waals surface area contributed by atoms with Gasteiger partial charge in [-0.05, 0) is 11.6 Å². The number of methoxy groups -OCH3 is 1. The number of ether oxygens (including phenoxy) is 1. The summed E-state index contributed by atoms with van der Waals surface area (Å²) in [5.74, 6) is -0.409. The van der Waals surface area contributed by atoms with Gasteiger partial charge in [0.25, 0.3) is 0 Å². The molecule has 0 aliphatic rings. The molecule has 0 heterocycles. The molecule has 70 valence electrons. The van der Waals surface area contributed by atoms with Crippen LogP contribution < -0.4 is 0 Å². The highest BCUT2D eigenvalue weighted by Crippen LogP contribution is 2.23. The lowest BCUT2D eigenvalue weighted by Crippen LogP contribution is -2.02. The summed E-state index contributed by atoms with van der Waals surface area (Å²) in [6.45, 7) is 0. The largest absolute Gasteiger partial charge is 0.465 e. The Kier molecular flexibility index (Phi) is 3.75. The van der Waals surface area contributed by atoms with Crippen molar-refractivity contribution < 1.29 is 9.53 Å². The Morgan fingerprint density at radius 1 is 1.62 bits per heavy atom. The third-order valence-corrected chi connectivity index (χ3v) is 2.68. The molecular formula is C9H8BrClO2. The van der Waals surface area contributed by atoms with Gasteiger partial charge in [-0.15, -0.1) is 0 Å². The van der Waals surface area contributed by atoms with Crippen molar-refractivity contribution in [3.8, 4) is 0 Å². The van der Waals surface area contributed by atoms with Crippen molar-refractivity contribution in [2.75, 3.05) is 7.11 Å². The number of hydrogen-bond acceptors (Lipinski definition) is 2. The molecule has 0 fully saturated rings. The molecule has 0 saturated carbocycles. The molecule has 1 aromatic carbocycles. The Balaban J connectivity index is 3.15. The van der Waals surface area contributed by atoms with Gasteiger partial charge in [-0.1, -0.05) is 39.7 Å². The molecule has 13 heavy (non-hydrogen) atoms. The van der Waals surface area contributed by atoms with Gasteiger partial charge in [-0.3, -0.25) is 0 Å². The zero-order valence-electron chi connectivity index (χ0n) is 7.01. The van der Waals surface area contributed by atoms with E-state index in [-0.39, 0.29) is 0 Å².